The van der Waals surface area contributed by atoms with Crippen LogP contribution in [0.1, 0.15) is 25.0 Å². The van der Waals surface area contributed by atoms with Gasteiger partial charge in [-0.05, 0) is 49.9 Å². The third-order valence-corrected chi connectivity index (χ3v) is 3.42. The van der Waals surface area contributed by atoms with Crippen molar-refractivity contribution in [2.45, 2.75) is 25.7 Å². The van der Waals surface area contributed by atoms with Crippen molar-refractivity contribution >= 4 is 16.9 Å². The number of hydrogen-bond donors (Lipinski definition) is 0. The number of aromatic nitrogens is 2. The molecule has 0 bridgehead atoms. The van der Waals surface area contributed by atoms with Crippen molar-refractivity contribution in [2.75, 3.05) is 14.2 Å². The van der Waals surface area contributed by atoms with E-state index in [4.69, 9.17) is 4.84 Å². The largest absolute Gasteiger partial charge is 0.274 e. The van der Waals surface area contributed by atoms with Gasteiger partial charge in [0.25, 0.3) is 5.91 Å². The summed E-state index contributed by atoms with van der Waals surface area (Å²) in [5, 5.41) is 2.26. The van der Waals surface area contributed by atoms with Crippen LogP contribution in [0.4, 0.5) is 0 Å². The number of rotatable bonds is 7. The molecule has 0 aromatic carbocycles. The fourth-order valence-corrected chi connectivity index (χ4v) is 2.08. The van der Waals surface area contributed by atoms with Gasteiger partial charge in [-0.15, -0.1) is 0 Å². The van der Waals surface area contributed by atoms with Crippen molar-refractivity contribution in [1.29, 1.82) is 0 Å². The van der Waals surface area contributed by atoms with Crippen molar-refractivity contribution in [3.63, 3.8) is 0 Å². The molecular weight excluding hydrogens is 278 g/mol. The summed E-state index contributed by atoms with van der Waals surface area (Å²) in [4.78, 5) is 25.1. The monoisotopic (exact) mass is 299 g/mol. The van der Waals surface area contributed by atoms with Crippen molar-refractivity contribution in [3.8, 4) is 0 Å². The van der Waals surface area contributed by atoms with Gasteiger partial charge in [0.1, 0.15) is 0 Å². The van der Waals surface area contributed by atoms with Crippen LogP contribution in [0.15, 0.2) is 42.6 Å². The van der Waals surface area contributed by atoms with Crippen LogP contribution in [-0.2, 0) is 16.1 Å². The molecule has 1 amide bonds. The Morgan fingerprint density at radius 1 is 1.32 bits per heavy atom. The maximum Gasteiger partial charge on any atom is 0.269 e. The van der Waals surface area contributed by atoms with E-state index in [-0.39, 0.29) is 5.91 Å². The molecule has 116 valence electrons. The highest BCUT2D eigenvalue weighted by Gasteiger charge is 2.01. The smallest absolute Gasteiger partial charge is 0.269 e. The molecule has 22 heavy (non-hydrogen) atoms. The van der Waals surface area contributed by atoms with E-state index >= 15 is 0 Å². The summed E-state index contributed by atoms with van der Waals surface area (Å²) < 4.78 is 0. The molecule has 0 aliphatic carbocycles. The average molecular weight is 299 g/mol. The number of carbonyl (C=O) groups is 1. The highest BCUT2D eigenvalue weighted by molar-refractivity contribution is 5.86. The Kier molecular flexibility index (Phi) is 6.03. The predicted molar refractivity (Wildman–Crippen MR) is 86.0 cm³/mol. The quantitative estimate of drug-likeness (QED) is 0.448. The first-order valence-electron chi connectivity index (χ1n) is 7.39. The summed E-state index contributed by atoms with van der Waals surface area (Å²) in [6, 6.07) is 8.04. The van der Waals surface area contributed by atoms with Gasteiger partial charge in [-0.25, -0.2) is 15.0 Å². The third-order valence-electron chi connectivity index (χ3n) is 3.42. The van der Waals surface area contributed by atoms with E-state index in [0.29, 0.717) is 0 Å². The van der Waals surface area contributed by atoms with Crippen molar-refractivity contribution in [1.82, 2.24) is 15.0 Å². The van der Waals surface area contributed by atoms with Gasteiger partial charge >= 0.3 is 0 Å². The van der Waals surface area contributed by atoms with Gasteiger partial charge in [0.15, 0.2) is 5.65 Å². The molecule has 2 aromatic rings. The second-order valence-electron chi connectivity index (χ2n) is 5.02. The number of likely N-dealkylation sites (N-methyl/N-ethyl adjacent to an activating group) is 1. The minimum absolute atomic E-state index is 0.148. The first kappa shape index (κ1) is 16.1. The molecule has 0 radical (unpaired) electrons. The van der Waals surface area contributed by atoms with E-state index in [1.807, 2.05) is 18.2 Å². The SMILES string of the molecule is CON(C)C(=O)/C=C/CCCCc1ccc2cccnc2n1. The van der Waals surface area contributed by atoms with Crippen LogP contribution in [-0.4, -0.2) is 35.1 Å². The lowest BCUT2D eigenvalue weighted by Gasteiger charge is -2.09. The van der Waals surface area contributed by atoms with Crippen LogP contribution in [0.5, 0.6) is 0 Å². The zero-order valence-electron chi connectivity index (χ0n) is 13.0. The number of fused-ring (bicyclic) bond motifs is 1. The summed E-state index contributed by atoms with van der Waals surface area (Å²) >= 11 is 0. The van der Waals surface area contributed by atoms with Crippen LogP contribution in [0.25, 0.3) is 11.0 Å². The molecule has 0 fully saturated rings. The predicted octanol–water partition coefficient (Wildman–Crippen LogP) is 2.92. The number of hydroxylamine groups is 2. The van der Waals surface area contributed by atoms with E-state index < -0.39 is 0 Å². The van der Waals surface area contributed by atoms with E-state index in [1.165, 1.54) is 12.2 Å². The second kappa shape index (κ2) is 8.24. The van der Waals surface area contributed by atoms with Gasteiger partial charge in [-0.2, -0.15) is 0 Å². The molecular formula is C17H21N3O2. The van der Waals surface area contributed by atoms with E-state index in [1.54, 1.807) is 19.3 Å². The molecule has 2 aromatic heterocycles. The van der Waals surface area contributed by atoms with Gasteiger partial charge in [0.05, 0.1) is 7.11 Å². The average Bonchev–Trinajstić information content (AvgIpc) is 2.56. The number of nitrogens with zero attached hydrogens (tertiary/aromatic N) is 3. The van der Waals surface area contributed by atoms with Crippen molar-refractivity contribution < 1.29 is 9.63 Å². The van der Waals surface area contributed by atoms with E-state index in [9.17, 15) is 4.79 Å². The molecule has 0 saturated heterocycles. The van der Waals surface area contributed by atoms with Gasteiger partial charge in [-0.1, -0.05) is 6.08 Å². The number of carbonyl (C=O) groups excluding carboxylic acids is 1. The van der Waals surface area contributed by atoms with Gasteiger partial charge in [0.2, 0.25) is 0 Å². The fraction of sp³-hybridized carbons (Fsp3) is 0.353. The summed E-state index contributed by atoms with van der Waals surface area (Å²) in [6.45, 7) is 0. The molecule has 0 saturated carbocycles. The Morgan fingerprint density at radius 2 is 2.18 bits per heavy atom. The molecule has 0 atom stereocenters. The standard InChI is InChI=1S/C17H21N3O2/c1-20(22-2)16(21)10-6-4-3-5-9-15-12-11-14-8-7-13-18-17(14)19-15/h6-8,10-13H,3-5,9H2,1-2H3/b10-6+. The first-order valence-corrected chi connectivity index (χ1v) is 7.39. The first-order chi connectivity index (χ1) is 10.7. The van der Waals surface area contributed by atoms with Gasteiger partial charge < -0.3 is 0 Å². The highest BCUT2D eigenvalue weighted by Crippen LogP contribution is 2.11. The molecule has 0 aliphatic rings. The molecule has 5 heteroatoms. The number of amides is 1. The van der Waals surface area contributed by atoms with Crippen LogP contribution >= 0.6 is 0 Å². The topological polar surface area (TPSA) is 55.3 Å². The molecule has 0 unspecified atom stereocenters. The highest BCUT2D eigenvalue weighted by atomic mass is 16.7. The molecule has 0 aliphatic heterocycles. The lowest BCUT2D eigenvalue weighted by Crippen LogP contribution is -2.22. The number of hydrogen-bond acceptors (Lipinski definition) is 4. The van der Waals surface area contributed by atoms with Gasteiger partial charge in [0, 0.05) is 30.4 Å². The van der Waals surface area contributed by atoms with Gasteiger partial charge in [-0.3, -0.25) is 9.63 Å². The minimum atomic E-state index is -0.148. The summed E-state index contributed by atoms with van der Waals surface area (Å²) in [7, 11) is 3.06. The number of aryl methyl sites for hydroxylation is 1. The van der Waals surface area contributed by atoms with Crippen LogP contribution in [0.3, 0.4) is 0 Å². The molecule has 2 rings (SSSR count). The molecule has 0 spiro atoms. The lowest BCUT2D eigenvalue weighted by molar-refractivity contribution is -0.162. The van der Waals surface area contributed by atoms with Crippen molar-refractivity contribution in [3.05, 3.63) is 48.3 Å². The zero-order valence-corrected chi connectivity index (χ0v) is 13.0. The second-order valence-corrected chi connectivity index (χ2v) is 5.02. The third kappa shape index (κ3) is 4.63. The summed E-state index contributed by atoms with van der Waals surface area (Å²) in [6.07, 6.45) is 9.03. The maximum atomic E-state index is 11.4. The van der Waals surface area contributed by atoms with Crippen LogP contribution in [0.2, 0.25) is 0 Å². The Balaban J connectivity index is 1.74. The van der Waals surface area contributed by atoms with Crippen LogP contribution < -0.4 is 0 Å². The Hall–Kier alpha value is -2.27. The Labute approximate surface area is 130 Å². The number of unbranched alkanes of at least 4 members (excludes halogenated alkanes) is 2. The summed E-state index contributed by atoms with van der Waals surface area (Å²) in [5.41, 5.74) is 1.86. The molecule has 2 heterocycles. The maximum absolute atomic E-state index is 11.4. The minimum Gasteiger partial charge on any atom is -0.274 e. The zero-order chi connectivity index (χ0) is 15.8. The number of pyridine rings is 2. The van der Waals surface area contributed by atoms with Crippen molar-refractivity contribution in [2.24, 2.45) is 0 Å². The fourth-order valence-electron chi connectivity index (χ4n) is 2.08. The van der Waals surface area contributed by atoms with E-state index in [0.717, 1.165) is 42.4 Å². The van der Waals surface area contributed by atoms with E-state index in [2.05, 4.69) is 22.1 Å². The Morgan fingerprint density at radius 3 is 3.00 bits per heavy atom. The normalized spacial score (nSPS) is 11.2. The number of allylic oxidation sites excluding steroid dienone is 1. The van der Waals surface area contributed by atoms with Crippen LogP contribution in [0, 0.1) is 0 Å². The molecule has 5 nitrogen and oxygen atoms in total. The Bertz CT molecular complexity index is 655. The lowest BCUT2D eigenvalue weighted by atomic mass is 10.1. The molecule has 0 N–H and O–H groups in total. The summed E-state index contributed by atoms with van der Waals surface area (Å²) in [5.74, 6) is -0.148.